The van der Waals surface area contributed by atoms with Crippen molar-refractivity contribution in [1.82, 2.24) is 14.6 Å². The van der Waals surface area contributed by atoms with Crippen molar-refractivity contribution in [3.63, 3.8) is 0 Å². The third-order valence-corrected chi connectivity index (χ3v) is 4.53. The van der Waals surface area contributed by atoms with Gasteiger partial charge in [0.15, 0.2) is 0 Å². The van der Waals surface area contributed by atoms with Gasteiger partial charge in [-0.1, -0.05) is 0 Å². The van der Waals surface area contributed by atoms with E-state index in [9.17, 15) is 8.42 Å². The van der Waals surface area contributed by atoms with Gasteiger partial charge in [0, 0.05) is 38.9 Å². The van der Waals surface area contributed by atoms with Crippen LogP contribution in [0.5, 0.6) is 0 Å². The third kappa shape index (κ3) is 3.65. The Balaban J connectivity index is 2.03. The average molecular weight is 284 g/mol. The highest BCUT2D eigenvalue weighted by Crippen LogP contribution is 2.16. The van der Waals surface area contributed by atoms with Gasteiger partial charge in [0.05, 0.1) is 6.26 Å². The van der Waals surface area contributed by atoms with Gasteiger partial charge in [-0.2, -0.15) is 4.31 Å². The summed E-state index contributed by atoms with van der Waals surface area (Å²) in [6.45, 7) is 3.22. The molecule has 19 heavy (non-hydrogen) atoms. The van der Waals surface area contributed by atoms with Gasteiger partial charge in [0.2, 0.25) is 10.0 Å². The maximum Gasteiger partial charge on any atom is 0.211 e. The van der Waals surface area contributed by atoms with Gasteiger partial charge in [-0.15, -0.1) is 0 Å². The molecular weight excluding hydrogens is 264 g/mol. The molecule has 1 saturated heterocycles. The number of aromatic nitrogens is 1. The molecule has 1 fully saturated rings. The number of sulfonamides is 1. The highest BCUT2D eigenvalue weighted by Gasteiger charge is 2.23. The molecule has 7 heteroatoms. The van der Waals surface area contributed by atoms with E-state index in [0.717, 1.165) is 12.4 Å². The molecule has 1 aromatic heterocycles. The van der Waals surface area contributed by atoms with Crippen LogP contribution < -0.4 is 10.2 Å². The summed E-state index contributed by atoms with van der Waals surface area (Å²) >= 11 is 0. The first kappa shape index (κ1) is 14.2. The monoisotopic (exact) mass is 284 g/mol. The second-order valence-electron chi connectivity index (χ2n) is 4.70. The molecule has 0 aliphatic carbocycles. The zero-order valence-corrected chi connectivity index (χ0v) is 12.2. The lowest BCUT2D eigenvalue weighted by Crippen LogP contribution is -2.48. The number of rotatable bonds is 4. The van der Waals surface area contributed by atoms with E-state index in [-0.39, 0.29) is 0 Å². The molecule has 0 bridgehead atoms. The fourth-order valence-electron chi connectivity index (χ4n) is 2.20. The molecule has 106 valence electrons. The molecular formula is C12H20N4O2S. The van der Waals surface area contributed by atoms with Gasteiger partial charge in [-0.3, -0.25) is 0 Å². The average Bonchev–Trinajstić information content (AvgIpc) is 2.39. The molecule has 0 atom stereocenters. The molecule has 0 radical (unpaired) electrons. The first-order valence-corrected chi connectivity index (χ1v) is 8.15. The van der Waals surface area contributed by atoms with E-state index in [1.54, 1.807) is 6.20 Å². The zero-order valence-electron chi connectivity index (χ0n) is 11.3. The molecule has 0 aromatic carbocycles. The van der Waals surface area contributed by atoms with Crippen LogP contribution >= 0.6 is 0 Å². The molecule has 6 nitrogen and oxygen atoms in total. The summed E-state index contributed by atoms with van der Waals surface area (Å²) in [5.41, 5.74) is 1.18. The molecule has 1 aliphatic heterocycles. The van der Waals surface area contributed by atoms with Gasteiger partial charge >= 0.3 is 0 Å². The van der Waals surface area contributed by atoms with E-state index < -0.39 is 10.0 Å². The van der Waals surface area contributed by atoms with E-state index in [4.69, 9.17) is 0 Å². The predicted octanol–water partition coefficient (Wildman–Crippen LogP) is -0.117. The number of hydrogen-bond donors (Lipinski definition) is 1. The molecule has 1 aliphatic rings. The third-order valence-electron chi connectivity index (χ3n) is 3.22. The van der Waals surface area contributed by atoms with Crippen molar-refractivity contribution in [1.29, 1.82) is 0 Å². The molecule has 2 heterocycles. The first-order chi connectivity index (χ1) is 9.00. The van der Waals surface area contributed by atoms with E-state index in [1.165, 1.54) is 16.1 Å². The van der Waals surface area contributed by atoms with Crippen molar-refractivity contribution in [3.05, 3.63) is 23.9 Å². The molecule has 1 N–H and O–H groups in total. The Morgan fingerprint density at radius 1 is 1.32 bits per heavy atom. The minimum Gasteiger partial charge on any atom is -0.354 e. The molecule has 0 unspecified atom stereocenters. The molecule has 1 aromatic rings. The summed E-state index contributed by atoms with van der Waals surface area (Å²) in [6.07, 6.45) is 3.05. The van der Waals surface area contributed by atoms with Crippen LogP contribution in [0.2, 0.25) is 0 Å². The van der Waals surface area contributed by atoms with E-state index in [1.807, 2.05) is 19.2 Å². The largest absolute Gasteiger partial charge is 0.354 e. The Morgan fingerprint density at radius 3 is 2.58 bits per heavy atom. The number of piperazine rings is 1. The summed E-state index contributed by atoms with van der Waals surface area (Å²) in [6, 6.07) is 4.03. The van der Waals surface area contributed by atoms with Crippen molar-refractivity contribution in [2.24, 2.45) is 0 Å². The van der Waals surface area contributed by atoms with Crippen molar-refractivity contribution >= 4 is 15.8 Å². The fraction of sp³-hybridized carbons (Fsp3) is 0.583. The lowest BCUT2D eigenvalue weighted by atomic mass is 10.2. The van der Waals surface area contributed by atoms with Crippen LogP contribution in [0.15, 0.2) is 18.3 Å². The SMILES string of the molecule is CNCc1ccnc(N2CCN(S(C)(=O)=O)CC2)c1. The number of hydrogen-bond acceptors (Lipinski definition) is 5. The van der Waals surface area contributed by atoms with E-state index >= 15 is 0 Å². The predicted molar refractivity (Wildman–Crippen MR) is 75.6 cm³/mol. The van der Waals surface area contributed by atoms with E-state index in [0.29, 0.717) is 26.2 Å². The Labute approximate surface area is 114 Å². The minimum absolute atomic E-state index is 0.525. The smallest absolute Gasteiger partial charge is 0.211 e. The van der Waals surface area contributed by atoms with Crippen molar-refractivity contribution in [2.75, 3.05) is 44.4 Å². The maximum absolute atomic E-state index is 11.5. The number of pyridine rings is 1. The van der Waals surface area contributed by atoms with Gasteiger partial charge in [-0.25, -0.2) is 13.4 Å². The van der Waals surface area contributed by atoms with Crippen LogP contribution in [0.3, 0.4) is 0 Å². The van der Waals surface area contributed by atoms with Gasteiger partial charge in [0.25, 0.3) is 0 Å². The highest BCUT2D eigenvalue weighted by atomic mass is 32.2. The van der Waals surface area contributed by atoms with Gasteiger partial charge in [-0.05, 0) is 24.7 Å². The summed E-state index contributed by atoms with van der Waals surface area (Å²) in [5, 5.41) is 3.11. The zero-order chi connectivity index (χ0) is 13.9. The van der Waals surface area contributed by atoms with Crippen LogP contribution in [-0.4, -0.2) is 57.2 Å². The summed E-state index contributed by atoms with van der Waals surface area (Å²) in [4.78, 5) is 6.49. The second kappa shape index (κ2) is 5.85. The van der Waals surface area contributed by atoms with Crippen molar-refractivity contribution in [3.8, 4) is 0 Å². The summed E-state index contributed by atoms with van der Waals surface area (Å²) < 4.78 is 24.4. The Bertz CT molecular complexity index is 524. The number of nitrogens with zero attached hydrogens (tertiary/aromatic N) is 3. The quantitative estimate of drug-likeness (QED) is 0.835. The molecule has 0 amide bonds. The van der Waals surface area contributed by atoms with Gasteiger partial charge in [0.1, 0.15) is 5.82 Å². The van der Waals surface area contributed by atoms with Crippen molar-refractivity contribution < 1.29 is 8.42 Å². The standard InChI is InChI=1S/C12H20N4O2S/c1-13-10-11-3-4-14-12(9-11)15-5-7-16(8-6-15)19(2,17)18/h3-4,9,13H,5-8,10H2,1-2H3. The normalized spacial score (nSPS) is 17.7. The molecule has 0 spiro atoms. The van der Waals surface area contributed by atoms with Crippen LogP contribution in [0.4, 0.5) is 5.82 Å². The number of nitrogens with one attached hydrogen (secondary N) is 1. The molecule has 2 rings (SSSR count). The number of anilines is 1. The first-order valence-electron chi connectivity index (χ1n) is 6.30. The van der Waals surface area contributed by atoms with Crippen molar-refractivity contribution in [2.45, 2.75) is 6.54 Å². The lowest BCUT2D eigenvalue weighted by Gasteiger charge is -2.34. The van der Waals surface area contributed by atoms with Crippen LogP contribution in [-0.2, 0) is 16.6 Å². The van der Waals surface area contributed by atoms with Crippen LogP contribution in [0.25, 0.3) is 0 Å². The topological polar surface area (TPSA) is 65.5 Å². The highest BCUT2D eigenvalue weighted by molar-refractivity contribution is 7.88. The Kier molecular flexibility index (Phi) is 4.38. The Morgan fingerprint density at radius 2 is 2.00 bits per heavy atom. The Hall–Kier alpha value is -1.18. The fourth-order valence-corrected chi connectivity index (χ4v) is 3.02. The van der Waals surface area contributed by atoms with Gasteiger partial charge < -0.3 is 10.2 Å². The minimum atomic E-state index is -3.07. The second-order valence-corrected chi connectivity index (χ2v) is 6.68. The lowest BCUT2D eigenvalue weighted by molar-refractivity contribution is 0.387. The summed E-state index contributed by atoms with van der Waals surface area (Å²) in [7, 11) is -1.16. The maximum atomic E-state index is 11.5. The molecule has 0 saturated carbocycles. The van der Waals surface area contributed by atoms with Crippen LogP contribution in [0.1, 0.15) is 5.56 Å². The summed E-state index contributed by atoms with van der Waals surface area (Å²) in [5.74, 6) is 0.918. The van der Waals surface area contributed by atoms with Crippen LogP contribution in [0, 0.1) is 0 Å². The van der Waals surface area contributed by atoms with E-state index in [2.05, 4.69) is 15.2 Å².